The summed E-state index contributed by atoms with van der Waals surface area (Å²) in [5.41, 5.74) is 1.05. The molecule has 3 rings (SSSR count). The first-order valence-electron chi connectivity index (χ1n) is 9.15. The van der Waals surface area contributed by atoms with Crippen molar-refractivity contribution in [1.82, 2.24) is 4.90 Å². The Kier molecular flexibility index (Phi) is 6.33. The minimum absolute atomic E-state index is 0.184. The van der Waals surface area contributed by atoms with E-state index >= 15 is 0 Å². The summed E-state index contributed by atoms with van der Waals surface area (Å²) in [5.74, 6) is -0.837. The van der Waals surface area contributed by atoms with Crippen LogP contribution in [0.15, 0.2) is 48.5 Å². The molecule has 1 atom stereocenters. The van der Waals surface area contributed by atoms with Crippen molar-refractivity contribution in [3.63, 3.8) is 0 Å². The van der Waals surface area contributed by atoms with Crippen LogP contribution < -0.4 is 14.8 Å². The number of carboxylic acids is 1. The van der Waals surface area contributed by atoms with Gasteiger partial charge in [-0.3, -0.25) is 14.4 Å². The van der Waals surface area contributed by atoms with Gasteiger partial charge in [-0.25, -0.2) is 0 Å². The zero-order valence-corrected chi connectivity index (χ0v) is 16.0. The Labute approximate surface area is 168 Å². The molecule has 1 fully saturated rings. The molecular weight excluding hydrogens is 376 g/mol. The number of benzene rings is 2. The third kappa shape index (κ3) is 5.25. The molecule has 0 bridgehead atoms. The van der Waals surface area contributed by atoms with E-state index in [1.165, 1.54) is 4.90 Å². The molecule has 0 radical (unpaired) electrons. The Hall–Kier alpha value is -3.55. The number of anilines is 1. The lowest BCUT2D eigenvalue weighted by atomic mass is 10.1. The maximum Gasteiger partial charge on any atom is 0.308 e. The summed E-state index contributed by atoms with van der Waals surface area (Å²) in [4.78, 5) is 37.1. The molecule has 8 heteroatoms. The van der Waals surface area contributed by atoms with Crippen molar-refractivity contribution in [1.29, 1.82) is 0 Å². The zero-order valence-electron chi connectivity index (χ0n) is 16.0. The van der Waals surface area contributed by atoms with E-state index in [9.17, 15) is 14.4 Å². The van der Waals surface area contributed by atoms with E-state index in [1.807, 2.05) is 0 Å². The third-order valence-electron chi connectivity index (χ3n) is 4.65. The van der Waals surface area contributed by atoms with Gasteiger partial charge in [0.25, 0.3) is 11.8 Å². The predicted molar refractivity (Wildman–Crippen MR) is 105 cm³/mol. The summed E-state index contributed by atoms with van der Waals surface area (Å²) in [6.07, 6.45) is 0.463. The van der Waals surface area contributed by atoms with Crippen LogP contribution in [0.1, 0.15) is 16.8 Å². The van der Waals surface area contributed by atoms with E-state index in [2.05, 4.69) is 5.32 Å². The maximum absolute atomic E-state index is 12.5. The van der Waals surface area contributed by atoms with Gasteiger partial charge in [-0.2, -0.15) is 0 Å². The van der Waals surface area contributed by atoms with Crippen LogP contribution in [0.3, 0.4) is 0 Å². The first-order chi connectivity index (χ1) is 14.0. The highest BCUT2D eigenvalue weighted by molar-refractivity contribution is 5.95. The summed E-state index contributed by atoms with van der Waals surface area (Å²) in [6.45, 7) is 0.465. The fraction of sp³-hybridized carbons (Fsp3) is 0.286. The number of methoxy groups -OCH3 is 1. The SMILES string of the molecule is COc1cccc(NC(=O)COc2ccc(C(=O)N3CCC(C(=O)O)C3)cc2)c1. The van der Waals surface area contributed by atoms with Gasteiger partial charge >= 0.3 is 5.97 Å². The Bertz CT molecular complexity index is 896. The van der Waals surface area contributed by atoms with Crippen LogP contribution in [0, 0.1) is 5.92 Å². The highest BCUT2D eigenvalue weighted by Gasteiger charge is 2.31. The first-order valence-corrected chi connectivity index (χ1v) is 9.15. The molecule has 1 saturated heterocycles. The number of carbonyl (C=O) groups excluding carboxylic acids is 2. The number of nitrogens with zero attached hydrogens (tertiary/aromatic N) is 1. The van der Waals surface area contributed by atoms with Gasteiger partial charge in [-0.15, -0.1) is 0 Å². The molecule has 0 spiro atoms. The maximum atomic E-state index is 12.5. The normalized spacial score (nSPS) is 15.6. The van der Waals surface area contributed by atoms with E-state index in [-0.39, 0.29) is 25.0 Å². The number of rotatable bonds is 7. The molecule has 1 unspecified atom stereocenters. The van der Waals surface area contributed by atoms with Crippen molar-refractivity contribution < 1.29 is 29.0 Å². The predicted octanol–water partition coefficient (Wildman–Crippen LogP) is 2.26. The summed E-state index contributed by atoms with van der Waals surface area (Å²) in [5, 5.41) is 11.8. The van der Waals surface area contributed by atoms with E-state index < -0.39 is 11.9 Å². The molecule has 1 aliphatic rings. The monoisotopic (exact) mass is 398 g/mol. The Balaban J connectivity index is 1.50. The van der Waals surface area contributed by atoms with Crippen molar-refractivity contribution in [3.8, 4) is 11.5 Å². The highest BCUT2D eigenvalue weighted by Crippen LogP contribution is 2.21. The van der Waals surface area contributed by atoms with Gasteiger partial charge in [0.05, 0.1) is 13.0 Å². The van der Waals surface area contributed by atoms with Crippen molar-refractivity contribution in [3.05, 3.63) is 54.1 Å². The second-order valence-corrected chi connectivity index (χ2v) is 6.67. The summed E-state index contributed by atoms with van der Waals surface area (Å²) < 4.78 is 10.6. The standard InChI is InChI=1S/C21H22N2O6/c1-28-18-4-2-3-16(11-18)22-19(24)13-29-17-7-5-14(6-8-17)20(25)23-10-9-15(12-23)21(26)27/h2-8,11,15H,9-10,12-13H2,1H3,(H,22,24)(H,26,27). The quantitative estimate of drug-likeness (QED) is 0.741. The number of aliphatic carboxylic acids is 1. The van der Waals surface area contributed by atoms with Crippen LogP contribution in [-0.2, 0) is 9.59 Å². The Morgan fingerprint density at radius 1 is 1.14 bits per heavy atom. The molecule has 2 aromatic carbocycles. The fourth-order valence-electron chi connectivity index (χ4n) is 3.07. The Morgan fingerprint density at radius 2 is 1.90 bits per heavy atom. The largest absolute Gasteiger partial charge is 0.497 e. The molecule has 2 N–H and O–H groups in total. The number of ether oxygens (including phenoxy) is 2. The molecule has 2 amide bonds. The fourth-order valence-corrected chi connectivity index (χ4v) is 3.07. The first kappa shape index (κ1) is 20.2. The van der Waals surface area contributed by atoms with Gasteiger partial charge in [-0.05, 0) is 42.8 Å². The average molecular weight is 398 g/mol. The van der Waals surface area contributed by atoms with Crippen LogP contribution >= 0.6 is 0 Å². The van der Waals surface area contributed by atoms with Gasteiger partial charge in [0.1, 0.15) is 11.5 Å². The average Bonchev–Trinajstić information content (AvgIpc) is 3.23. The van der Waals surface area contributed by atoms with Gasteiger partial charge in [0.15, 0.2) is 6.61 Å². The molecule has 0 aromatic heterocycles. The topological polar surface area (TPSA) is 105 Å². The lowest BCUT2D eigenvalue weighted by molar-refractivity contribution is -0.141. The van der Waals surface area contributed by atoms with Crippen LogP contribution in [0.4, 0.5) is 5.69 Å². The zero-order chi connectivity index (χ0) is 20.8. The number of nitrogens with one attached hydrogen (secondary N) is 1. The molecule has 0 aliphatic carbocycles. The number of hydrogen-bond donors (Lipinski definition) is 2. The number of carbonyl (C=O) groups is 3. The van der Waals surface area contributed by atoms with E-state index in [4.69, 9.17) is 14.6 Å². The molecule has 8 nitrogen and oxygen atoms in total. The molecule has 1 aliphatic heterocycles. The molecule has 29 heavy (non-hydrogen) atoms. The van der Waals surface area contributed by atoms with Crippen molar-refractivity contribution in [2.24, 2.45) is 5.92 Å². The molecule has 152 valence electrons. The van der Waals surface area contributed by atoms with Gasteiger partial charge < -0.3 is 24.8 Å². The minimum atomic E-state index is -0.878. The summed E-state index contributed by atoms with van der Waals surface area (Å²) >= 11 is 0. The molecule has 0 saturated carbocycles. The van der Waals surface area contributed by atoms with Crippen LogP contribution in [-0.4, -0.2) is 54.6 Å². The number of carboxylic acid groups (broad SMARTS) is 1. The van der Waals surface area contributed by atoms with Crippen LogP contribution in [0.2, 0.25) is 0 Å². The van der Waals surface area contributed by atoms with Crippen molar-refractivity contribution in [2.45, 2.75) is 6.42 Å². The summed E-state index contributed by atoms with van der Waals surface area (Å²) in [6, 6.07) is 13.4. The number of hydrogen-bond acceptors (Lipinski definition) is 5. The number of amides is 2. The number of likely N-dealkylation sites (tertiary alicyclic amines) is 1. The lowest BCUT2D eigenvalue weighted by Gasteiger charge is -2.16. The molecular formula is C21H22N2O6. The van der Waals surface area contributed by atoms with Crippen LogP contribution in [0.5, 0.6) is 11.5 Å². The summed E-state index contributed by atoms with van der Waals surface area (Å²) in [7, 11) is 1.55. The second-order valence-electron chi connectivity index (χ2n) is 6.67. The van der Waals surface area contributed by atoms with E-state index in [1.54, 1.807) is 55.6 Å². The van der Waals surface area contributed by atoms with E-state index in [0.717, 1.165) is 0 Å². The second kappa shape index (κ2) is 9.09. The van der Waals surface area contributed by atoms with Gasteiger partial charge in [-0.1, -0.05) is 6.07 Å². The highest BCUT2D eigenvalue weighted by atomic mass is 16.5. The minimum Gasteiger partial charge on any atom is -0.497 e. The van der Waals surface area contributed by atoms with Gasteiger partial charge in [0.2, 0.25) is 0 Å². The van der Waals surface area contributed by atoms with Crippen molar-refractivity contribution >= 4 is 23.5 Å². The lowest BCUT2D eigenvalue weighted by Crippen LogP contribution is -2.29. The van der Waals surface area contributed by atoms with Crippen LogP contribution in [0.25, 0.3) is 0 Å². The smallest absolute Gasteiger partial charge is 0.308 e. The molecule has 1 heterocycles. The van der Waals surface area contributed by atoms with Gasteiger partial charge in [0, 0.05) is 30.4 Å². The molecule has 2 aromatic rings. The van der Waals surface area contributed by atoms with Crippen molar-refractivity contribution in [2.75, 3.05) is 32.1 Å². The van der Waals surface area contributed by atoms with E-state index in [0.29, 0.717) is 35.7 Å². The third-order valence-corrected chi connectivity index (χ3v) is 4.65. The Morgan fingerprint density at radius 3 is 2.55 bits per heavy atom.